The molecule has 0 amide bonds. The number of anilines is 1. The normalized spacial score (nSPS) is 16.7. The Morgan fingerprint density at radius 3 is 2.60 bits per heavy atom. The first-order chi connectivity index (χ1) is 9.48. The second-order valence-corrected chi connectivity index (χ2v) is 7.12. The quantitative estimate of drug-likeness (QED) is 0.671. The van der Waals surface area contributed by atoms with Gasteiger partial charge in [0.25, 0.3) is 0 Å². The van der Waals surface area contributed by atoms with Crippen LogP contribution in [0.25, 0.3) is 0 Å². The van der Waals surface area contributed by atoms with Crippen LogP contribution in [0.3, 0.4) is 0 Å². The zero-order valence-electron chi connectivity index (χ0n) is 11.9. The monoisotopic (exact) mass is 294 g/mol. The van der Waals surface area contributed by atoms with Crippen LogP contribution in [-0.2, 0) is 10.0 Å². The fraction of sp³-hybridized carbons (Fsp3) is 0.467. The molecule has 5 heteroatoms. The maximum absolute atomic E-state index is 12.9. The molecule has 1 aliphatic carbocycles. The largest absolute Gasteiger partial charge is 0.398 e. The van der Waals surface area contributed by atoms with E-state index in [0.29, 0.717) is 17.8 Å². The summed E-state index contributed by atoms with van der Waals surface area (Å²) in [6.07, 6.45) is 5.64. The lowest BCUT2D eigenvalue weighted by Gasteiger charge is -2.28. The molecular formula is C15H22N2O2S. The van der Waals surface area contributed by atoms with Gasteiger partial charge < -0.3 is 5.73 Å². The topological polar surface area (TPSA) is 63.4 Å². The molecule has 1 aromatic carbocycles. The highest BCUT2D eigenvalue weighted by Gasteiger charge is 2.34. The molecule has 0 spiro atoms. The van der Waals surface area contributed by atoms with Crippen LogP contribution in [0.2, 0.25) is 0 Å². The molecule has 0 heterocycles. The first-order valence-corrected chi connectivity index (χ1v) is 8.40. The van der Waals surface area contributed by atoms with E-state index in [0.717, 1.165) is 25.7 Å². The summed E-state index contributed by atoms with van der Waals surface area (Å²) in [6.45, 7) is 5.80. The number of nitrogens with two attached hydrogens (primary N) is 1. The summed E-state index contributed by atoms with van der Waals surface area (Å²) >= 11 is 0. The minimum Gasteiger partial charge on any atom is -0.398 e. The molecule has 110 valence electrons. The number of hydrogen-bond acceptors (Lipinski definition) is 3. The number of nitrogens with zero attached hydrogens (tertiary/aromatic N) is 1. The van der Waals surface area contributed by atoms with Crippen LogP contribution in [0.5, 0.6) is 0 Å². The molecular weight excluding hydrogens is 272 g/mol. The Morgan fingerprint density at radius 2 is 2.05 bits per heavy atom. The fourth-order valence-corrected chi connectivity index (χ4v) is 4.89. The van der Waals surface area contributed by atoms with E-state index >= 15 is 0 Å². The fourth-order valence-electron chi connectivity index (χ4n) is 2.91. The van der Waals surface area contributed by atoms with Crippen molar-refractivity contribution in [2.75, 3.05) is 12.3 Å². The Bertz CT molecular complexity index is 570. The van der Waals surface area contributed by atoms with Crippen molar-refractivity contribution in [1.29, 1.82) is 0 Å². The van der Waals surface area contributed by atoms with Crippen LogP contribution in [0, 0.1) is 6.92 Å². The lowest BCUT2D eigenvalue weighted by atomic mass is 10.2. The van der Waals surface area contributed by atoms with Crippen LogP contribution in [0.15, 0.2) is 35.7 Å². The zero-order valence-corrected chi connectivity index (χ0v) is 12.7. The molecule has 2 rings (SSSR count). The first-order valence-electron chi connectivity index (χ1n) is 6.96. The van der Waals surface area contributed by atoms with Gasteiger partial charge in [-0.1, -0.05) is 31.1 Å². The van der Waals surface area contributed by atoms with Gasteiger partial charge in [-0.15, -0.1) is 6.58 Å². The van der Waals surface area contributed by atoms with Gasteiger partial charge in [0.15, 0.2) is 0 Å². The lowest BCUT2D eigenvalue weighted by Crippen LogP contribution is -2.39. The van der Waals surface area contributed by atoms with Crippen molar-refractivity contribution in [2.24, 2.45) is 0 Å². The molecule has 0 bridgehead atoms. The van der Waals surface area contributed by atoms with Crippen molar-refractivity contribution < 1.29 is 8.42 Å². The summed E-state index contributed by atoms with van der Waals surface area (Å²) in [5.41, 5.74) is 6.92. The third-order valence-corrected chi connectivity index (χ3v) is 5.99. The average molecular weight is 294 g/mol. The van der Waals surface area contributed by atoms with Crippen LogP contribution < -0.4 is 5.73 Å². The van der Waals surface area contributed by atoms with Gasteiger partial charge >= 0.3 is 0 Å². The third kappa shape index (κ3) is 2.74. The molecule has 0 saturated heterocycles. The van der Waals surface area contributed by atoms with Crippen molar-refractivity contribution in [3.05, 3.63) is 36.4 Å². The molecule has 0 unspecified atom stereocenters. The molecule has 0 radical (unpaired) electrons. The van der Waals surface area contributed by atoms with Gasteiger partial charge in [0.1, 0.15) is 4.90 Å². The van der Waals surface area contributed by atoms with E-state index < -0.39 is 10.0 Å². The molecule has 1 fully saturated rings. The highest BCUT2D eigenvalue weighted by Crippen LogP contribution is 2.32. The van der Waals surface area contributed by atoms with E-state index in [1.807, 2.05) is 0 Å². The third-order valence-electron chi connectivity index (χ3n) is 3.85. The Morgan fingerprint density at radius 1 is 1.40 bits per heavy atom. The average Bonchev–Trinajstić information content (AvgIpc) is 2.88. The lowest BCUT2D eigenvalue weighted by molar-refractivity contribution is 0.347. The Kier molecular flexibility index (Phi) is 4.50. The van der Waals surface area contributed by atoms with E-state index in [1.54, 1.807) is 35.5 Å². The van der Waals surface area contributed by atoms with Crippen molar-refractivity contribution in [2.45, 2.75) is 43.5 Å². The Balaban J connectivity index is 2.47. The predicted octanol–water partition coefficient (Wildman–Crippen LogP) is 2.70. The van der Waals surface area contributed by atoms with Crippen molar-refractivity contribution in [3.63, 3.8) is 0 Å². The molecule has 0 atom stereocenters. The highest BCUT2D eigenvalue weighted by molar-refractivity contribution is 7.89. The second-order valence-electron chi connectivity index (χ2n) is 5.29. The standard InChI is InChI=1S/C15H22N2O2S/c1-3-11-17(13-8-4-5-9-13)20(18,19)15-12(2)7-6-10-14(15)16/h3,6-7,10,13H,1,4-5,8-9,11,16H2,2H3. The van der Waals surface area contributed by atoms with Gasteiger partial charge in [-0.3, -0.25) is 0 Å². The summed E-state index contributed by atoms with van der Waals surface area (Å²) in [7, 11) is -3.57. The smallest absolute Gasteiger partial charge is 0.245 e. The van der Waals surface area contributed by atoms with Gasteiger partial charge in [-0.2, -0.15) is 4.31 Å². The van der Waals surface area contributed by atoms with Gasteiger partial charge in [0, 0.05) is 12.6 Å². The SMILES string of the molecule is C=CCN(C1CCCC1)S(=O)(=O)c1c(C)cccc1N. The predicted molar refractivity (Wildman–Crippen MR) is 81.9 cm³/mol. The Labute approximate surface area is 121 Å². The van der Waals surface area contributed by atoms with E-state index in [-0.39, 0.29) is 10.9 Å². The van der Waals surface area contributed by atoms with Crippen LogP contribution in [0.4, 0.5) is 5.69 Å². The van der Waals surface area contributed by atoms with Crippen molar-refractivity contribution >= 4 is 15.7 Å². The maximum Gasteiger partial charge on any atom is 0.245 e. The molecule has 0 aliphatic heterocycles. The number of sulfonamides is 1. The van der Waals surface area contributed by atoms with E-state index in [4.69, 9.17) is 5.73 Å². The van der Waals surface area contributed by atoms with Crippen LogP contribution in [-0.4, -0.2) is 25.3 Å². The molecule has 1 aliphatic rings. The summed E-state index contributed by atoms with van der Waals surface area (Å²) in [5.74, 6) is 0. The van der Waals surface area contributed by atoms with Crippen LogP contribution >= 0.6 is 0 Å². The van der Waals surface area contributed by atoms with Gasteiger partial charge in [0.2, 0.25) is 10.0 Å². The summed E-state index contributed by atoms with van der Waals surface area (Å²) in [4.78, 5) is 0.244. The number of nitrogen functional groups attached to an aromatic ring is 1. The maximum atomic E-state index is 12.9. The number of rotatable bonds is 5. The van der Waals surface area contributed by atoms with Crippen molar-refractivity contribution in [3.8, 4) is 0 Å². The minimum atomic E-state index is -3.57. The highest BCUT2D eigenvalue weighted by atomic mass is 32.2. The molecule has 1 saturated carbocycles. The molecule has 2 N–H and O–H groups in total. The molecule has 1 aromatic rings. The van der Waals surface area contributed by atoms with Crippen molar-refractivity contribution in [1.82, 2.24) is 4.31 Å². The van der Waals surface area contributed by atoms with E-state index in [9.17, 15) is 8.42 Å². The summed E-state index contributed by atoms with van der Waals surface area (Å²) in [6, 6.07) is 5.26. The van der Waals surface area contributed by atoms with Crippen LogP contribution in [0.1, 0.15) is 31.2 Å². The summed E-state index contributed by atoms with van der Waals surface area (Å²) in [5, 5.41) is 0. The van der Waals surface area contributed by atoms with Gasteiger partial charge in [-0.05, 0) is 31.4 Å². The van der Waals surface area contributed by atoms with E-state index in [1.165, 1.54) is 0 Å². The molecule has 4 nitrogen and oxygen atoms in total. The first kappa shape index (κ1) is 15.1. The van der Waals surface area contributed by atoms with E-state index in [2.05, 4.69) is 6.58 Å². The number of benzene rings is 1. The molecule has 20 heavy (non-hydrogen) atoms. The zero-order chi connectivity index (χ0) is 14.8. The number of hydrogen-bond donors (Lipinski definition) is 1. The summed E-state index contributed by atoms with van der Waals surface area (Å²) < 4.78 is 27.5. The Hall–Kier alpha value is -1.33. The van der Waals surface area contributed by atoms with Gasteiger partial charge in [-0.25, -0.2) is 8.42 Å². The minimum absolute atomic E-state index is 0.0667. The van der Waals surface area contributed by atoms with Gasteiger partial charge in [0.05, 0.1) is 5.69 Å². The molecule has 0 aromatic heterocycles. The number of aryl methyl sites for hydroxylation is 1. The second kappa shape index (κ2) is 5.97.